The van der Waals surface area contributed by atoms with Crippen LogP contribution in [0.2, 0.25) is 0 Å². The lowest BCUT2D eigenvalue weighted by Crippen LogP contribution is -2.48. The third-order valence-electron chi connectivity index (χ3n) is 5.67. The van der Waals surface area contributed by atoms with Crippen LogP contribution >= 0.6 is 0 Å². The predicted molar refractivity (Wildman–Crippen MR) is 104 cm³/mol. The molecule has 0 spiro atoms. The van der Waals surface area contributed by atoms with Gasteiger partial charge < -0.3 is 14.3 Å². The Labute approximate surface area is 161 Å². The third kappa shape index (κ3) is 4.99. The van der Waals surface area contributed by atoms with E-state index in [4.69, 9.17) is 4.52 Å². The molecule has 0 N–H and O–H groups in total. The zero-order valence-electron chi connectivity index (χ0n) is 16.5. The highest BCUT2D eigenvalue weighted by Crippen LogP contribution is 2.31. The van der Waals surface area contributed by atoms with Gasteiger partial charge in [-0.15, -0.1) is 0 Å². The fourth-order valence-corrected chi connectivity index (χ4v) is 4.27. The predicted octanol–water partition coefficient (Wildman–Crippen LogP) is 4.04. The molecule has 0 bridgehead atoms. The molecule has 2 fully saturated rings. The van der Waals surface area contributed by atoms with Crippen molar-refractivity contribution in [3.8, 4) is 0 Å². The highest BCUT2D eigenvalue weighted by molar-refractivity contribution is 6.04. The van der Waals surface area contributed by atoms with Crippen molar-refractivity contribution in [1.29, 1.82) is 0 Å². The van der Waals surface area contributed by atoms with E-state index in [1.54, 1.807) is 11.1 Å². The Morgan fingerprint density at radius 3 is 2.07 bits per heavy atom. The molecule has 1 amide bonds. The lowest BCUT2D eigenvalue weighted by molar-refractivity contribution is 0.0438. The number of amides is 1. The van der Waals surface area contributed by atoms with Gasteiger partial charge in [0.2, 0.25) is 11.5 Å². The van der Waals surface area contributed by atoms with E-state index < -0.39 is 0 Å². The molecule has 0 atom stereocenters. The summed E-state index contributed by atoms with van der Waals surface area (Å²) >= 11 is 0. The summed E-state index contributed by atoms with van der Waals surface area (Å²) in [4.78, 5) is 29.4. The normalized spacial score (nSPS) is 19.3. The number of carbonyl (C=O) groups is 2. The fourth-order valence-electron chi connectivity index (χ4n) is 4.27. The maximum Gasteiger partial charge on any atom is 0.276 e. The van der Waals surface area contributed by atoms with Crippen LogP contribution in [0.15, 0.2) is 22.9 Å². The number of allylic oxidation sites excluding steroid dienone is 1. The van der Waals surface area contributed by atoms with Crippen molar-refractivity contribution in [1.82, 2.24) is 15.0 Å². The molecule has 0 aliphatic heterocycles. The summed E-state index contributed by atoms with van der Waals surface area (Å²) in [5, 5.41) is 3.94. The van der Waals surface area contributed by atoms with Gasteiger partial charge in [-0.2, -0.15) is 0 Å². The first-order chi connectivity index (χ1) is 13.1. The smallest absolute Gasteiger partial charge is 0.276 e. The Morgan fingerprint density at radius 1 is 1.00 bits per heavy atom. The first kappa shape index (κ1) is 19.6. The van der Waals surface area contributed by atoms with Gasteiger partial charge in [-0.1, -0.05) is 43.7 Å². The molecule has 1 aromatic heterocycles. The number of aromatic nitrogens is 1. The quantitative estimate of drug-likeness (QED) is 0.556. The van der Waals surface area contributed by atoms with Crippen molar-refractivity contribution in [2.75, 3.05) is 14.1 Å². The van der Waals surface area contributed by atoms with Crippen LogP contribution in [0.25, 0.3) is 0 Å². The Bertz CT molecular complexity index is 650. The summed E-state index contributed by atoms with van der Waals surface area (Å²) in [6, 6.07) is 2.08. The van der Waals surface area contributed by atoms with Crippen LogP contribution < -0.4 is 0 Å². The van der Waals surface area contributed by atoms with Crippen LogP contribution in [0, 0.1) is 0 Å². The number of nitrogens with zero attached hydrogens (tertiary/aromatic N) is 3. The van der Waals surface area contributed by atoms with E-state index in [0.29, 0.717) is 12.1 Å². The van der Waals surface area contributed by atoms with Crippen molar-refractivity contribution >= 4 is 11.7 Å². The second-order valence-electron chi connectivity index (χ2n) is 8.02. The molecule has 0 radical (unpaired) electrons. The summed E-state index contributed by atoms with van der Waals surface area (Å²) in [5.41, 5.74) is 0.257. The summed E-state index contributed by atoms with van der Waals surface area (Å²) in [6.45, 7) is 0. The van der Waals surface area contributed by atoms with E-state index in [9.17, 15) is 9.59 Å². The molecular weight excluding hydrogens is 342 g/mol. The second-order valence-corrected chi connectivity index (χ2v) is 8.02. The highest BCUT2D eigenvalue weighted by atomic mass is 16.5. The van der Waals surface area contributed by atoms with E-state index in [2.05, 4.69) is 10.1 Å². The third-order valence-corrected chi connectivity index (χ3v) is 5.67. The molecule has 0 aromatic carbocycles. The van der Waals surface area contributed by atoms with Crippen LogP contribution in [0.1, 0.15) is 85.3 Å². The lowest BCUT2D eigenvalue weighted by atomic mass is 9.88. The maximum atomic E-state index is 13.3. The van der Waals surface area contributed by atoms with Gasteiger partial charge in [0, 0.05) is 44.5 Å². The lowest BCUT2D eigenvalue weighted by Gasteiger charge is -2.41. The average Bonchev–Trinajstić information content (AvgIpc) is 3.18. The summed E-state index contributed by atoms with van der Waals surface area (Å²) in [6.07, 6.45) is 14.6. The van der Waals surface area contributed by atoms with Gasteiger partial charge in [0.05, 0.1) is 0 Å². The first-order valence-corrected chi connectivity index (χ1v) is 10.2. The monoisotopic (exact) mass is 373 g/mol. The molecule has 6 heteroatoms. The molecule has 1 aromatic rings. The maximum absolute atomic E-state index is 13.3. The van der Waals surface area contributed by atoms with Crippen molar-refractivity contribution in [2.45, 2.75) is 76.3 Å². The summed E-state index contributed by atoms with van der Waals surface area (Å²) < 4.78 is 5.19. The van der Waals surface area contributed by atoms with Gasteiger partial charge in [0.1, 0.15) is 0 Å². The summed E-state index contributed by atoms with van der Waals surface area (Å²) in [5.74, 6) is -0.242. The molecule has 2 saturated carbocycles. The first-order valence-electron chi connectivity index (χ1n) is 10.2. The molecule has 2 aliphatic rings. The van der Waals surface area contributed by atoms with E-state index in [-0.39, 0.29) is 23.1 Å². The largest absolute Gasteiger partial charge is 0.383 e. The van der Waals surface area contributed by atoms with Crippen LogP contribution in [-0.4, -0.2) is 52.8 Å². The molecule has 27 heavy (non-hydrogen) atoms. The van der Waals surface area contributed by atoms with Crippen molar-refractivity contribution in [2.24, 2.45) is 0 Å². The number of ketones is 1. The van der Waals surface area contributed by atoms with Gasteiger partial charge in [-0.3, -0.25) is 9.59 Å². The summed E-state index contributed by atoms with van der Waals surface area (Å²) in [7, 11) is 3.68. The molecule has 0 unspecified atom stereocenters. The Kier molecular flexibility index (Phi) is 6.69. The van der Waals surface area contributed by atoms with E-state index in [1.807, 2.05) is 14.1 Å². The minimum absolute atomic E-state index is 0.0758. The van der Waals surface area contributed by atoms with Gasteiger partial charge in [-0.05, 0) is 25.7 Å². The van der Waals surface area contributed by atoms with Crippen LogP contribution in [0.4, 0.5) is 0 Å². The van der Waals surface area contributed by atoms with Crippen molar-refractivity contribution < 1.29 is 14.1 Å². The zero-order valence-corrected chi connectivity index (χ0v) is 16.5. The van der Waals surface area contributed by atoms with Crippen LogP contribution in [0.3, 0.4) is 0 Å². The SMILES string of the molecule is CN(C)/C=C/C(=O)c1cc(C(=O)N(C2CCCCC2)C2CCCCC2)no1. The fraction of sp³-hybridized carbons (Fsp3) is 0.667. The van der Waals surface area contributed by atoms with Crippen LogP contribution in [-0.2, 0) is 0 Å². The van der Waals surface area contributed by atoms with Gasteiger partial charge in [-0.25, -0.2) is 0 Å². The Balaban J connectivity index is 1.78. The van der Waals surface area contributed by atoms with Crippen LogP contribution in [0.5, 0.6) is 0 Å². The Hall–Kier alpha value is -2.11. The minimum atomic E-state index is -0.280. The number of carbonyl (C=O) groups excluding carboxylic acids is 2. The average molecular weight is 373 g/mol. The van der Waals surface area contributed by atoms with E-state index in [1.165, 1.54) is 50.7 Å². The highest BCUT2D eigenvalue weighted by Gasteiger charge is 2.34. The standard InChI is InChI=1S/C21H31N3O3/c1-23(2)14-13-19(25)20-15-18(22-27-20)21(26)24(16-9-5-3-6-10-16)17-11-7-4-8-12-17/h13-17H,3-12H2,1-2H3/b14-13+. The van der Waals surface area contributed by atoms with E-state index in [0.717, 1.165) is 25.7 Å². The number of hydrogen-bond donors (Lipinski definition) is 0. The molecule has 6 nitrogen and oxygen atoms in total. The molecule has 1 heterocycles. The molecule has 148 valence electrons. The number of rotatable bonds is 6. The second kappa shape index (κ2) is 9.20. The van der Waals surface area contributed by atoms with Gasteiger partial charge >= 0.3 is 0 Å². The Morgan fingerprint density at radius 2 is 1.56 bits per heavy atom. The zero-order chi connectivity index (χ0) is 19.2. The molecule has 2 aliphatic carbocycles. The molecule has 3 rings (SSSR count). The van der Waals surface area contributed by atoms with Crippen molar-refractivity contribution in [3.05, 3.63) is 29.8 Å². The number of hydrogen-bond acceptors (Lipinski definition) is 5. The molecule has 0 saturated heterocycles. The van der Waals surface area contributed by atoms with Gasteiger partial charge in [0.25, 0.3) is 5.91 Å². The topological polar surface area (TPSA) is 66.7 Å². The van der Waals surface area contributed by atoms with Gasteiger partial charge in [0.15, 0.2) is 5.69 Å². The van der Waals surface area contributed by atoms with Crippen molar-refractivity contribution in [3.63, 3.8) is 0 Å². The van der Waals surface area contributed by atoms with E-state index >= 15 is 0 Å². The molecular formula is C21H31N3O3. The minimum Gasteiger partial charge on any atom is -0.383 e.